The molecule has 1 heteroatoms. The molecule has 0 saturated heterocycles. The molecule has 2 aromatic heterocycles. The Morgan fingerprint density at radius 3 is 2.17 bits per heavy atom. The third-order valence-corrected chi connectivity index (χ3v) is 5.09. The van der Waals surface area contributed by atoms with Crippen molar-refractivity contribution in [2.75, 3.05) is 0 Å². The Morgan fingerprint density at radius 2 is 1.30 bits per heavy atom. The molecule has 0 spiro atoms. The van der Waals surface area contributed by atoms with Crippen LogP contribution in [0, 0.1) is 0 Å². The monoisotopic (exact) mass is 291 g/mol. The van der Waals surface area contributed by atoms with Crippen molar-refractivity contribution in [1.29, 1.82) is 0 Å². The maximum absolute atomic E-state index is 2.35. The number of hydrogen-bond acceptors (Lipinski definition) is 0. The van der Waals surface area contributed by atoms with Crippen molar-refractivity contribution < 1.29 is 0 Å². The molecule has 106 valence electrons. The lowest BCUT2D eigenvalue weighted by Crippen LogP contribution is -1.77. The van der Waals surface area contributed by atoms with E-state index < -0.39 is 0 Å². The zero-order valence-corrected chi connectivity index (χ0v) is 12.5. The summed E-state index contributed by atoms with van der Waals surface area (Å²) in [5.74, 6) is 0. The molecule has 0 fully saturated rings. The largest absolute Gasteiger partial charge is 0.315 e. The highest BCUT2D eigenvalue weighted by molar-refractivity contribution is 6.27. The fourth-order valence-corrected chi connectivity index (χ4v) is 4.08. The Morgan fingerprint density at radius 1 is 0.565 bits per heavy atom. The summed E-state index contributed by atoms with van der Waals surface area (Å²) in [6.07, 6.45) is 2.20. The Hall–Kier alpha value is -3.06. The molecule has 0 aliphatic rings. The minimum atomic E-state index is 1.30. The summed E-state index contributed by atoms with van der Waals surface area (Å²) >= 11 is 0. The number of benzene rings is 4. The average Bonchev–Trinajstić information content (AvgIpc) is 3.15. The highest BCUT2D eigenvalue weighted by atomic mass is 14.9. The first-order chi connectivity index (χ1) is 11.4. The van der Waals surface area contributed by atoms with E-state index in [0.717, 1.165) is 0 Å². The highest BCUT2D eigenvalue weighted by Gasteiger charge is 2.15. The van der Waals surface area contributed by atoms with E-state index in [9.17, 15) is 0 Å². The van der Waals surface area contributed by atoms with Gasteiger partial charge in [-0.05, 0) is 45.8 Å². The quantitative estimate of drug-likeness (QED) is 0.324. The van der Waals surface area contributed by atoms with Gasteiger partial charge < -0.3 is 4.40 Å². The summed E-state index contributed by atoms with van der Waals surface area (Å²) in [4.78, 5) is 0. The topological polar surface area (TPSA) is 4.41 Å². The molecule has 2 heterocycles. The van der Waals surface area contributed by atoms with E-state index in [1.54, 1.807) is 0 Å². The van der Waals surface area contributed by atoms with Crippen LogP contribution in [0.25, 0.3) is 48.7 Å². The summed E-state index contributed by atoms with van der Waals surface area (Å²) in [5, 5.41) is 9.30. The van der Waals surface area contributed by atoms with Crippen LogP contribution in [-0.4, -0.2) is 4.40 Å². The van der Waals surface area contributed by atoms with E-state index in [0.29, 0.717) is 0 Å². The molecule has 0 saturated carbocycles. The van der Waals surface area contributed by atoms with Crippen LogP contribution in [0.5, 0.6) is 0 Å². The van der Waals surface area contributed by atoms with Gasteiger partial charge in [0.2, 0.25) is 0 Å². The van der Waals surface area contributed by atoms with Crippen molar-refractivity contribution in [3.63, 3.8) is 0 Å². The number of aromatic nitrogens is 1. The molecule has 0 amide bonds. The van der Waals surface area contributed by atoms with Gasteiger partial charge in [-0.1, -0.05) is 48.5 Å². The lowest BCUT2D eigenvalue weighted by atomic mass is 10.0. The van der Waals surface area contributed by atoms with E-state index in [-0.39, 0.29) is 0 Å². The molecular formula is C22H13N. The van der Waals surface area contributed by atoms with Crippen LogP contribution in [0.2, 0.25) is 0 Å². The average molecular weight is 291 g/mol. The maximum atomic E-state index is 2.35. The summed E-state index contributed by atoms with van der Waals surface area (Å²) in [5.41, 5.74) is 2.64. The van der Waals surface area contributed by atoms with Crippen molar-refractivity contribution in [2.45, 2.75) is 0 Å². The first-order valence-corrected chi connectivity index (χ1v) is 7.96. The zero-order valence-electron chi connectivity index (χ0n) is 12.5. The van der Waals surface area contributed by atoms with Crippen molar-refractivity contribution in [1.82, 2.24) is 4.40 Å². The Kier molecular flexibility index (Phi) is 1.91. The molecule has 6 aromatic rings. The smallest absolute Gasteiger partial charge is 0.0614 e. The fraction of sp³-hybridized carbons (Fsp3) is 0. The molecule has 0 N–H and O–H groups in total. The Bertz CT molecular complexity index is 1350. The maximum Gasteiger partial charge on any atom is 0.0614 e. The van der Waals surface area contributed by atoms with Gasteiger partial charge >= 0.3 is 0 Å². The molecule has 4 aromatic carbocycles. The molecule has 0 aliphatic carbocycles. The van der Waals surface area contributed by atoms with E-state index in [4.69, 9.17) is 0 Å². The molecule has 0 radical (unpaired) electrons. The van der Waals surface area contributed by atoms with Gasteiger partial charge in [0.05, 0.1) is 11.0 Å². The molecule has 0 aliphatic heterocycles. The summed E-state index contributed by atoms with van der Waals surface area (Å²) in [7, 11) is 0. The Balaban J connectivity index is 2.02. The second-order valence-electron chi connectivity index (χ2n) is 6.31. The normalized spacial score (nSPS) is 12.3. The van der Waals surface area contributed by atoms with Gasteiger partial charge in [-0.15, -0.1) is 0 Å². The van der Waals surface area contributed by atoms with E-state index in [2.05, 4.69) is 83.4 Å². The van der Waals surface area contributed by atoms with Crippen molar-refractivity contribution in [3.05, 3.63) is 79.0 Å². The molecule has 0 bridgehead atoms. The molecule has 6 rings (SSSR count). The van der Waals surface area contributed by atoms with Crippen LogP contribution < -0.4 is 0 Å². The minimum absolute atomic E-state index is 1.30. The third kappa shape index (κ3) is 1.33. The summed E-state index contributed by atoms with van der Waals surface area (Å²) in [6, 6.07) is 26.5. The number of fused-ring (bicyclic) bond motifs is 6. The fourth-order valence-electron chi connectivity index (χ4n) is 4.08. The van der Waals surface area contributed by atoms with Gasteiger partial charge in [-0.2, -0.15) is 0 Å². The van der Waals surface area contributed by atoms with Gasteiger partial charge in [0.1, 0.15) is 0 Å². The van der Waals surface area contributed by atoms with Gasteiger partial charge in [-0.3, -0.25) is 0 Å². The summed E-state index contributed by atoms with van der Waals surface area (Å²) < 4.78 is 2.35. The van der Waals surface area contributed by atoms with Crippen LogP contribution in [-0.2, 0) is 0 Å². The molecule has 23 heavy (non-hydrogen) atoms. The Labute approximate surface area is 132 Å². The molecular weight excluding hydrogens is 278 g/mol. The second-order valence-corrected chi connectivity index (χ2v) is 6.31. The lowest BCUT2D eigenvalue weighted by molar-refractivity contribution is 1.31. The van der Waals surface area contributed by atoms with Gasteiger partial charge in [0.25, 0.3) is 0 Å². The van der Waals surface area contributed by atoms with Gasteiger partial charge in [-0.25, -0.2) is 0 Å². The third-order valence-electron chi connectivity index (χ3n) is 5.09. The number of rotatable bonds is 0. The second kappa shape index (κ2) is 3.82. The van der Waals surface area contributed by atoms with Crippen LogP contribution in [0.15, 0.2) is 79.0 Å². The first-order valence-electron chi connectivity index (χ1n) is 7.96. The van der Waals surface area contributed by atoms with Crippen molar-refractivity contribution >= 4 is 48.7 Å². The van der Waals surface area contributed by atoms with Crippen LogP contribution in [0.3, 0.4) is 0 Å². The summed E-state index contributed by atoms with van der Waals surface area (Å²) in [6.45, 7) is 0. The van der Waals surface area contributed by atoms with Crippen molar-refractivity contribution in [3.8, 4) is 0 Å². The lowest BCUT2D eigenvalue weighted by Gasteiger charge is -2.02. The molecule has 1 nitrogen and oxygen atoms in total. The highest BCUT2D eigenvalue weighted by Crippen LogP contribution is 2.39. The number of nitrogens with zero attached hydrogens (tertiary/aromatic N) is 1. The predicted octanol–water partition coefficient (Wildman–Crippen LogP) is 5.99. The van der Waals surface area contributed by atoms with Crippen molar-refractivity contribution in [2.24, 2.45) is 0 Å². The number of hydrogen-bond donors (Lipinski definition) is 0. The minimum Gasteiger partial charge on any atom is -0.315 e. The van der Waals surface area contributed by atoms with Crippen LogP contribution in [0.1, 0.15) is 0 Å². The van der Waals surface area contributed by atoms with Gasteiger partial charge in [0.15, 0.2) is 0 Å². The SMILES string of the molecule is c1ccc2cc3c(cc2c1)c1c2ccccc2cc2ccn3c21. The first kappa shape index (κ1) is 11.5. The van der Waals surface area contributed by atoms with E-state index >= 15 is 0 Å². The van der Waals surface area contributed by atoms with E-state index in [1.165, 1.54) is 48.7 Å². The standard InChI is InChI=1S/C22H13N/c1-2-6-15-13-20-19(12-14(15)5-1)21-18-8-4-3-7-16(18)11-17-9-10-23(20)22(17)21/h1-13H. The van der Waals surface area contributed by atoms with Crippen LogP contribution >= 0.6 is 0 Å². The van der Waals surface area contributed by atoms with Gasteiger partial charge in [0, 0.05) is 22.4 Å². The zero-order chi connectivity index (χ0) is 15.0. The van der Waals surface area contributed by atoms with Crippen LogP contribution in [0.4, 0.5) is 0 Å². The molecule has 0 unspecified atom stereocenters. The molecule has 0 atom stereocenters. The predicted molar refractivity (Wildman–Crippen MR) is 98.6 cm³/mol. The van der Waals surface area contributed by atoms with E-state index in [1.807, 2.05) is 0 Å².